The van der Waals surface area contributed by atoms with Gasteiger partial charge in [-0.1, -0.05) is 26.2 Å². The van der Waals surface area contributed by atoms with Crippen molar-refractivity contribution in [3.8, 4) is 0 Å². The number of amides is 2. The molecule has 2 atom stereocenters. The highest BCUT2D eigenvalue weighted by atomic mass is 16.2. The van der Waals surface area contributed by atoms with E-state index in [4.69, 9.17) is 0 Å². The Morgan fingerprint density at radius 2 is 1.90 bits per heavy atom. The third-order valence-corrected chi connectivity index (χ3v) is 4.66. The van der Waals surface area contributed by atoms with Crippen LogP contribution >= 0.6 is 0 Å². The summed E-state index contributed by atoms with van der Waals surface area (Å²) in [5.74, 6) is 0.345. The Balaban J connectivity index is 2.03. The van der Waals surface area contributed by atoms with Gasteiger partial charge in [-0.3, -0.25) is 9.59 Å². The zero-order valence-electron chi connectivity index (χ0n) is 12.6. The molecule has 0 spiro atoms. The Labute approximate surface area is 121 Å². The second-order valence-corrected chi connectivity index (χ2v) is 6.37. The summed E-state index contributed by atoms with van der Waals surface area (Å²) < 4.78 is 0. The molecule has 0 aromatic heterocycles. The zero-order valence-corrected chi connectivity index (χ0v) is 12.6. The second kappa shape index (κ2) is 6.57. The van der Waals surface area contributed by atoms with Gasteiger partial charge in [0.25, 0.3) is 0 Å². The minimum absolute atomic E-state index is 0.0196. The van der Waals surface area contributed by atoms with Gasteiger partial charge >= 0.3 is 0 Å². The number of piperidine rings is 1. The average molecular weight is 281 g/mol. The van der Waals surface area contributed by atoms with E-state index >= 15 is 0 Å². The fourth-order valence-corrected chi connectivity index (χ4v) is 3.44. The number of carbonyl (C=O) groups excluding carboxylic acids is 2. The van der Waals surface area contributed by atoms with Gasteiger partial charge in [-0.05, 0) is 38.3 Å². The summed E-state index contributed by atoms with van der Waals surface area (Å²) in [4.78, 5) is 24.2. The summed E-state index contributed by atoms with van der Waals surface area (Å²) >= 11 is 0. The number of rotatable bonds is 3. The van der Waals surface area contributed by atoms with E-state index in [0.717, 1.165) is 51.6 Å². The van der Waals surface area contributed by atoms with Crippen LogP contribution in [0.3, 0.4) is 0 Å². The SMILES string of the molecule is CC(=O)NC1(C(=O)NC2CCNCC2C)CCCCC1. The predicted octanol–water partition coefficient (Wildman–Crippen LogP) is 0.940. The van der Waals surface area contributed by atoms with Crippen molar-refractivity contribution < 1.29 is 9.59 Å². The molecule has 114 valence electrons. The third-order valence-electron chi connectivity index (χ3n) is 4.66. The molecule has 2 fully saturated rings. The lowest BCUT2D eigenvalue weighted by molar-refractivity contribution is -0.135. The van der Waals surface area contributed by atoms with Crippen LogP contribution in [0.1, 0.15) is 52.4 Å². The van der Waals surface area contributed by atoms with E-state index in [0.29, 0.717) is 5.92 Å². The van der Waals surface area contributed by atoms with Gasteiger partial charge in [0.2, 0.25) is 11.8 Å². The van der Waals surface area contributed by atoms with Crippen LogP contribution in [0, 0.1) is 5.92 Å². The molecule has 2 amide bonds. The van der Waals surface area contributed by atoms with Crippen molar-refractivity contribution in [2.45, 2.75) is 64.0 Å². The molecule has 1 aliphatic carbocycles. The fourth-order valence-electron chi connectivity index (χ4n) is 3.44. The summed E-state index contributed by atoms with van der Waals surface area (Å²) in [5, 5.41) is 9.46. The molecule has 0 radical (unpaired) electrons. The molecule has 0 aromatic carbocycles. The largest absolute Gasteiger partial charge is 0.351 e. The maximum atomic E-state index is 12.7. The number of nitrogens with one attached hydrogen (secondary N) is 3. The van der Waals surface area contributed by atoms with E-state index in [1.807, 2.05) is 0 Å². The summed E-state index contributed by atoms with van der Waals surface area (Å²) in [7, 11) is 0. The molecule has 3 N–H and O–H groups in total. The molecule has 2 rings (SSSR count). The molecule has 0 aromatic rings. The molecule has 2 aliphatic rings. The van der Waals surface area contributed by atoms with E-state index < -0.39 is 5.54 Å². The lowest BCUT2D eigenvalue weighted by Crippen LogP contribution is -2.62. The molecular weight excluding hydrogens is 254 g/mol. The number of hydrogen-bond acceptors (Lipinski definition) is 3. The smallest absolute Gasteiger partial charge is 0.245 e. The molecule has 2 unspecified atom stereocenters. The highest BCUT2D eigenvalue weighted by molar-refractivity contribution is 5.91. The van der Waals surface area contributed by atoms with Crippen molar-refractivity contribution in [1.82, 2.24) is 16.0 Å². The predicted molar refractivity (Wildman–Crippen MR) is 78.2 cm³/mol. The summed E-state index contributed by atoms with van der Waals surface area (Å²) in [6, 6.07) is 0.219. The van der Waals surface area contributed by atoms with E-state index in [1.54, 1.807) is 0 Å². The van der Waals surface area contributed by atoms with Crippen molar-refractivity contribution >= 4 is 11.8 Å². The van der Waals surface area contributed by atoms with Crippen LogP contribution in [-0.4, -0.2) is 36.5 Å². The molecule has 5 nitrogen and oxygen atoms in total. The molecule has 1 aliphatic heterocycles. The summed E-state index contributed by atoms with van der Waals surface area (Å²) in [5.41, 5.74) is -0.672. The maximum Gasteiger partial charge on any atom is 0.245 e. The van der Waals surface area contributed by atoms with Crippen LogP contribution in [0.4, 0.5) is 0 Å². The van der Waals surface area contributed by atoms with Gasteiger partial charge in [0.15, 0.2) is 0 Å². The van der Waals surface area contributed by atoms with Crippen molar-refractivity contribution in [2.24, 2.45) is 5.92 Å². The van der Waals surface area contributed by atoms with E-state index in [9.17, 15) is 9.59 Å². The summed E-state index contributed by atoms with van der Waals surface area (Å²) in [6.45, 7) is 5.54. The first kappa shape index (κ1) is 15.3. The second-order valence-electron chi connectivity index (χ2n) is 6.37. The van der Waals surface area contributed by atoms with Crippen molar-refractivity contribution in [1.29, 1.82) is 0 Å². The van der Waals surface area contributed by atoms with Crippen LogP contribution in [0.5, 0.6) is 0 Å². The van der Waals surface area contributed by atoms with Crippen molar-refractivity contribution in [2.75, 3.05) is 13.1 Å². The van der Waals surface area contributed by atoms with E-state index in [2.05, 4.69) is 22.9 Å². The molecule has 1 saturated carbocycles. The highest BCUT2D eigenvalue weighted by Gasteiger charge is 2.41. The first-order valence-electron chi connectivity index (χ1n) is 7.84. The van der Waals surface area contributed by atoms with Crippen molar-refractivity contribution in [3.63, 3.8) is 0 Å². The monoisotopic (exact) mass is 281 g/mol. The average Bonchev–Trinajstić information content (AvgIpc) is 2.41. The Kier molecular flexibility index (Phi) is 5.02. The molecule has 1 heterocycles. The lowest BCUT2D eigenvalue weighted by Gasteiger charge is -2.39. The van der Waals surface area contributed by atoms with Gasteiger partial charge in [0.1, 0.15) is 5.54 Å². The highest BCUT2D eigenvalue weighted by Crippen LogP contribution is 2.29. The normalized spacial score (nSPS) is 29.5. The Morgan fingerprint density at radius 3 is 2.50 bits per heavy atom. The van der Waals surface area contributed by atoms with Crippen LogP contribution in [0.15, 0.2) is 0 Å². The molecule has 0 bridgehead atoms. The quantitative estimate of drug-likeness (QED) is 0.721. The lowest BCUT2D eigenvalue weighted by atomic mass is 9.80. The fraction of sp³-hybridized carbons (Fsp3) is 0.867. The van der Waals surface area contributed by atoms with Crippen LogP contribution < -0.4 is 16.0 Å². The van der Waals surface area contributed by atoms with Gasteiger partial charge in [0.05, 0.1) is 0 Å². The molecule has 20 heavy (non-hydrogen) atoms. The molecule has 5 heteroatoms. The zero-order chi connectivity index (χ0) is 14.6. The standard InChI is InChI=1S/C15H27N3O2/c1-11-10-16-9-6-13(11)17-14(20)15(18-12(2)19)7-4-3-5-8-15/h11,13,16H,3-10H2,1-2H3,(H,17,20)(H,18,19). The molecule has 1 saturated heterocycles. The topological polar surface area (TPSA) is 70.2 Å². The Bertz CT molecular complexity index is 364. The van der Waals surface area contributed by atoms with Crippen LogP contribution in [0.2, 0.25) is 0 Å². The minimum atomic E-state index is -0.672. The van der Waals surface area contributed by atoms with Gasteiger partial charge in [-0.2, -0.15) is 0 Å². The van der Waals surface area contributed by atoms with Crippen molar-refractivity contribution in [3.05, 3.63) is 0 Å². The first-order valence-corrected chi connectivity index (χ1v) is 7.84. The molecular formula is C15H27N3O2. The van der Waals surface area contributed by atoms with Crippen LogP contribution in [0.25, 0.3) is 0 Å². The van der Waals surface area contributed by atoms with Crippen LogP contribution in [-0.2, 0) is 9.59 Å². The van der Waals surface area contributed by atoms with E-state index in [-0.39, 0.29) is 17.9 Å². The third kappa shape index (κ3) is 3.51. The minimum Gasteiger partial charge on any atom is -0.351 e. The first-order chi connectivity index (χ1) is 9.53. The Morgan fingerprint density at radius 1 is 1.20 bits per heavy atom. The van der Waals surface area contributed by atoms with Gasteiger partial charge in [-0.25, -0.2) is 0 Å². The summed E-state index contributed by atoms with van der Waals surface area (Å²) in [6.07, 6.45) is 5.65. The Hall–Kier alpha value is -1.10. The number of carbonyl (C=O) groups is 2. The maximum absolute atomic E-state index is 12.7. The van der Waals surface area contributed by atoms with Gasteiger partial charge in [0, 0.05) is 13.0 Å². The van der Waals surface area contributed by atoms with Gasteiger partial charge < -0.3 is 16.0 Å². The number of hydrogen-bond donors (Lipinski definition) is 3. The van der Waals surface area contributed by atoms with E-state index in [1.165, 1.54) is 6.92 Å². The van der Waals surface area contributed by atoms with Gasteiger partial charge in [-0.15, -0.1) is 0 Å².